The molecule has 0 radical (unpaired) electrons. The Morgan fingerprint density at radius 3 is 2.42 bits per heavy atom. The van der Waals surface area contributed by atoms with Crippen LogP contribution in [0, 0.1) is 0 Å². The maximum absolute atomic E-state index is 9.21. The highest BCUT2D eigenvalue weighted by Gasteiger charge is 2.18. The van der Waals surface area contributed by atoms with Crippen LogP contribution in [-0.4, -0.2) is 35.7 Å². The van der Waals surface area contributed by atoms with Gasteiger partial charge in [-0.3, -0.25) is 0 Å². The molecule has 2 heteroatoms. The molecule has 0 saturated heterocycles. The van der Waals surface area contributed by atoms with E-state index in [9.17, 15) is 5.11 Å². The van der Waals surface area contributed by atoms with Crippen molar-refractivity contribution >= 4 is 0 Å². The number of hydrogen-bond acceptors (Lipinski definition) is 2. The molecule has 1 N–H and O–H groups in total. The first kappa shape index (κ1) is 10.0. The van der Waals surface area contributed by atoms with E-state index in [0.29, 0.717) is 0 Å². The molecule has 0 heterocycles. The molecule has 0 aromatic rings. The highest BCUT2D eigenvalue weighted by molar-refractivity contribution is 4.74. The van der Waals surface area contributed by atoms with Crippen LogP contribution in [0.25, 0.3) is 0 Å². The highest BCUT2D eigenvalue weighted by atomic mass is 16.3. The fourth-order valence-electron chi connectivity index (χ4n) is 2.09. The monoisotopic (exact) mass is 171 g/mol. The van der Waals surface area contributed by atoms with Gasteiger partial charge in [-0.2, -0.15) is 0 Å². The van der Waals surface area contributed by atoms with Gasteiger partial charge >= 0.3 is 0 Å². The Morgan fingerprint density at radius 2 is 1.92 bits per heavy atom. The van der Waals surface area contributed by atoms with Gasteiger partial charge in [-0.05, 0) is 26.8 Å². The number of rotatable bonds is 3. The van der Waals surface area contributed by atoms with Crippen molar-refractivity contribution < 1.29 is 5.11 Å². The van der Waals surface area contributed by atoms with E-state index in [1.807, 2.05) is 6.92 Å². The summed E-state index contributed by atoms with van der Waals surface area (Å²) in [5.41, 5.74) is 0. The Hall–Kier alpha value is -0.0800. The molecule has 0 spiro atoms. The summed E-state index contributed by atoms with van der Waals surface area (Å²) in [4.78, 5) is 2.31. The lowest BCUT2D eigenvalue weighted by atomic mass is 9.94. The van der Waals surface area contributed by atoms with Crippen LogP contribution in [0.2, 0.25) is 0 Å². The number of nitrogens with zero attached hydrogens (tertiary/aromatic N) is 1. The number of likely N-dealkylation sites (N-methyl/N-ethyl adjacent to an activating group) is 1. The van der Waals surface area contributed by atoms with E-state index in [1.165, 1.54) is 32.1 Å². The van der Waals surface area contributed by atoms with Gasteiger partial charge in [0.25, 0.3) is 0 Å². The van der Waals surface area contributed by atoms with Crippen LogP contribution >= 0.6 is 0 Å². The summed E-state index contributed by atoms with van der Waals surface area (Å²) in [5, 5.41) is 9.21. The van der Waals surface area contributed by atoms with Crippen LogP contribution in [0.3, 0.4) is 0 Å². The van der Waals surface area contributed by atoms with E-state index in [0.717, 1.165) is 12.6 Å². The largest absolute Gasteiger partial charge is 0.392 e. The SMILES string of the molecule is C[C@H](O)CN(C)C1CCCCC1. The van der Waals surface area contributed by atoms with Crippen LogP contribution in [0.1, 0.15) is 39.0 Å². The van der Waals surface area contributed by atoms with E-state index >= 15 is 0 Å². The molecule has 0 unspecified atom stereocenters. The molecular weight excluding hydrogens is 150 g/mol. The molecule has 1 atom stereocenters. The average Bonchev–Trinajstić information content (AvgIpc) is 2.05. The number of aliphatic hydroxyl groups excluding tert-OH is 1. The van der Waals surface area contributed by atoms with Gasteiger partial charge in [-0.1, -0.05) is 19.3 Å². The Balaban J connectivity index is 2.24. The molecule has 72 valence electrons. The lowest BCUT2D eigenvalue weighted by molar-refractivity contribution is 0.102. The molecule has 0 aromatic heterocycles. The lowest BCUT2D eigenvalue weighted by Crippen LogP contribution is -2.37. The predicted octanol–water partition coefficient (Wildman–Crippen LogP) is 1.63. The standard InChI is InChI=1S/C10H21NO/c1-9(12)8-11(2)10-6-4-3-5-7-10/h9-10,12H,3-8H2,1-2H3/t9-/m0/s1. The minimum absolute atomic E-state index is 0.183. The van der Waals surface area contributed by atoms with Crippen LogP contribution < -0.4 is 0 Å². The molecule has 0 amide bonds. The van der Waals surface area contributed by atoms with Gasteiger partial charge in [0.1, 0.15) is 0 Å². The van der Waals surface area contributed by atoms with Gasteiger partial charge in [0, 0.05) is 12.6 Å². The Labute approximate surface area is 75.6 Å². The summed E-state index contributed by atoms with van der Waals surface area (Å²) < 4.78 is 0. The molecule has 0 bridgehead atoms. The van der Waals surface area contributed by atoms with Crippen molar-refractivity contribution in [3.8, 4) is 0 Å². The van der Waals surface area contributed by atoms with Gasteiger partial charge in [-0.25, -0.2) is 0 Å². The van der Waals surface area contributed by atoms with Crippen molar-refractivity contribution in [1.29, 1.82) is 0 Å². The molecule has 1 aliphatic carbocycles. The molecule has 1 saturated carbocycles. The second-order valence-electron chi connectivity index (χ2n) is 4.08. The van der Waals surface area contributed by atoms with Gasteiger partial charge in [0.2, 0.25) is 0 Å². The summed E-state index contributed by atoms with van der Waals surface area (Å²) in [6.45, 7) is 2.68. The minimum Gasteiger partial charge on any atom is -0.392 e. The summed E-state index contributed by atoms with van der Waals surface area (Å²) in [7, 11) is 2.13. The molecule has 12 heavy (non-hydrogen) atoms. The van der Waals surface area contributed by atoms with Crippen LogP contribution in [0.5, 0.6) is 0 Å². The first-order chi connectivity index (χ1) is 5.70. The van der Waals surface area contributed by atoms with Gasteiger partial charge in [0.15, 0.2) is 0 Å². The fraction of sp³-hybridized carbons (Fsp3) is 1.00. The quantitative estimate of drug-likeness (QED) is 0.697. The number of aliphatic hydroxyl groups is 1. The summed E-state index contributed by atoms with van der Waals surface area (Å²) in [6.07, 6.45) is 6.60. The Bertz CT molecular complexity index is 119. The molecule has 0 aliphatic heterocycles. The minimum atomic E-state index is -0.183. The van der Waals surface area contributed by atoms with Crippen molar-refractivity contribution in [2.75, 3.05) is 13.6 Å². The first-order valence-corrected chi connectivity index (χ1v) is 5.08. The van der Waals surface area contributed by atoms with E-state index in [-0.39, 0.29) is 6.10 Å². The van der Waals surface area contributed by atoms with Crippen molar-refractivity contribution in [2.24, 2.45) is 0 Å². The van der Waals surface area contributed by atoms with Gasteiger partial charge in [0.05, 0.1) is 6.10 Å². The van der Waals surface area contributed by atoms with Crippen LogP contribution in [0.15, 0.2) is 0 Å². The van der Waals surface area contributed by atoms with Gasteiger partial charge < -0.3 is 10.0 Å². The third-order valence-corrected chi connectivity index (χ3v) is 2.75. The normalized spacial score (nSPS) is 23.0. The summed E-state index contributed by atoms with van der Waals surface area (Å²) in [6, 6.07) is 0.730. The van der Waals surface area contributed by atoms with Crippen LogP contribution in [0.4, 0.5) is 0 Å². The molecule has 0 aromatic carbocycles. The second kappa shape index (κ2) is 4.83. The smallest absolute Gasteiger partial charge is 0.0639 e. The third-order valence-electron chi connectivity index (χ3n) is 2.75. The molecule has 1 fully saturated rings. The summed E-state index contributed by atoms with van der Waals surface area (Å²) >= 11 is 0. The van der Waals surface area contributed by atoms with Crippen molar-refractivity contribution in [3.05, 3.63) is 0 Å². The molecule has 1 aliphatic rings. The highest BCUT2D eigenvalue weighted by Crippen LogP contribution is 2.21. The van der Waals surface area contributed by atoms with Crippen molar-refractivity contribution in [2.45, 2.75) is 51.2 Å². The average molecular weight is 171 g/mol. The topological polar surface area (TPSA) is 23.5 Å². The molecular formula is C10H21NO. The molecule has 2 nitrogen and oxygen atoms in total. The van der Waals surface area contributed by atoms with E-state index < -0.39 is 0 Å². The van der Waals surface area contributed by atoms with Crippen molar-refractivity contribution in [3.63, 3.8) is 0 Å². The Kier molecular flexibility index (Phi) is 4.02. The zero-order valence-electron chi connectivity index (χ0n) is 8.29. The van der Waals surface area contributed by atoms with E-state index in [2.05, 4.69) is 11.9 Å². The second-order valence-corrected chi connectivity index (χ2v) is 4.08. The van der Waals surface area contributed by atoms with Crippen molar-refractivity contribution in [1.82, 2.24) is 4.90 Å². The van der Waals surface area contributed by atoms with E-state index in [4.69, 9.17) is 0 Å². The third kappa shape index (κ3) is 3.11. The maximum atomic E-state index is 9.21. The fourth-order valence-corrected chi connectivity index (χ4v) is 2.09. The lowest BCUT2D eigenvalue weighted by Gasteiger charge is -2.31. The zero-order valence-corrected chi connectivity index (χ0v) is 8.29. The zero-order chi connectivity index (χ0) is 8.97. The van der Waals surface area contributed by atoms with Crippen LogP contribution in [-0.2, 0) is 0 Å². The molecule has 1 rings (SSSR count). The first-order valence-electron chi connectivity index (χ1n) is 5.08. The predicted molar refractivity (Wildman–Crippen MR) is 51.2 cm³/mol. The summed E-state index contributed by atoms with van der Waals surface area (Å²) in [5.74, 6) is 0. The van der Waals surface area contributed by atoms with Gasteiger partial charge in [-0.15, -0.1) is 0 Å². The van der Waals surface area contributed by atoms with E-state index in [1.54, 1.807) is 0 Å². The number of hydrogen-bond donors (Lipinski definition) is 1. The maximum Gasteiger partial charge on any atom is 0.0639 e. The Morgan fingerprint density at radius 1 is 1.33 bits per heavy atom.